The first-order valence-corrected chi connectivity index (χ1v) is 5.89. The van der Waals surface area contributed by atoms with Crippen molar-refractivity contribution < 1.29 is 14.7 Å². The molecule has 102 valence electrons. The van der Waals surface area contributed by atoms with Crippen molar-refractivity contribution in [2.24, 2.45) is 13.0 Å². The molecule has 1 unspecified atom stereocenters. The molecule has 0 aliphatic heterocycles. The van der Waals surface area contributed by atoms with Gasteiger partial charge < -0.3 is 10.4 Å². The number of H-pyrrole nitrogens is 1. The van der Waals surface area contributed by atoms with Gasteiger partial charge in [-0.05, 0) is 13.3 Å². The highest BCUT2D eigenvalue weighted by Gasteiger charge is 2.23. The third-order valence-electron chi connectivity index (χ3n) is 2.96. The van der Waals surface area contributed by atoms with Crippen LogP contribution in [0.4, 0.5) is 5.82 Å². The molecule has 19 heavy (non-hydrogen) atoms. The van der Waals surface area contributed by atoms with E-state index in [0.29, 0.717) is 17.9 Å². The summed E-state index contributed by atoms with van der Waals surface area (Å²) < 4.78 is 1.61. The zero-order valence-corrected chi connectivity index (χ0v) is 10.9. The van der Waals surface area contributed by atoms with Crippen LogP contribution in [0.1, 0.15) is 19.5 Å². The van der Waals surface area contributed by atoms with Crippen LogP contribution in [0.15, 0.2) is 0 Å². The molecule has 3 N–H and O–H groups in total. The Morgan fingerprint density at radius 3 is 2.79 bits per heavy atom. The summed E-state index contributed by atoms with van der Waals surface area (Å²) in [4.78, 5) is 22.5. The van der Waals surface area contributed by atoms with E-state index in [2.05, 4.69) is 20.6 Å². The summed E-state index contributed by atoms with van der Waals surface area (Å²) in [6, 6.07) is 0. The number of amides is 1. The summed E-state index contributed by atoms with van der Waals surface area (Å²) in [6.07, 6.45) is 0.689. The summed E-state index contributed by atoms with van der Waals surface area (Å²) >= 11 is 0. The van der Waals surface area contributed by atoms with Gasteiger partial charge in [-0.15, -0.1) is 0 Å². The van der Waals surface area contributed by atoms with Crippen LogP contribution in [-0.2, 0) is 23.1 Å². The standard InChI is InChI=1S/C11H15N5O3/c1-4-6-7-8(12-10(17)5(2)11(18)19)13-14-9(7)16(3)15-6/h5H,4H2,1-3H3,(H,18,19)(H2,12,13,14,17). The van der Waals surface area contributed by atoms with Crippen LogP contribution in [0.25, 0.3) is 11.0 Å². The van der Waals surface area contributed by atoms with Crippen LogP contribution in [0.2, 0.25) is 0 Å². The van der Waals surface area contributed by atoms with Crippen LogP contribution in [0.5, 0.6) is 0 Å². The number of hydrogen-bond acceptors (Lipinski definition) is 4. The number of carboxylic acid groups (broad SMARTS) is 1. The maximum absolute atomic E-state index is 11.7. The van der Waals surface area contributed by atoms with Crippen molar-refractivity contribution in [2.45, 2.75) is 20.3 Å². The van der Waals surface area contributed by atoms with Crippen LogP contribution >= 0.6 is 0 Å². The average molecular weight is 265 g/mol. The van der Waals surface area contributed by atoms with Crippen LogP contribution in [0.3, 0.4) is 0 Å². The van der Waals surface area contributed by atoms with Gasteiger partial charge in [0.1, 0.15) is 11.7 Å². The molecule has 0 spiro atoms. The van der Waals surface area contributed by atoms with Gasteiger partial charge in [0.05, 0.1) is 11.1 Å². The van der Waals surface area contributed by atoms with Crippen LogP contribution in [-0.4, -0.2) is 37.0 Å². The molecule has 0 fully saturated rings. The van der Waals surface area contributed by atoms with Gasteiger partial charge in [0.25, 0.3) is 0 Å². The molecule has 0 saturated carbocycles. The van der Waals surface area contributed by atoms with Gasteiger partial charge in [-0.3, -0.25) is 14.7 Å². The van der Waals surface area contributed by atoms with E-state index in [1.165, 1.54) is 6.92 Å². The Morgan fingerprint density at radius 1 is 1.53 bits per heavy atom. The van der Waals surface area contributed by atoms with E-state index in [9.17, 15) is 9.59 Å². The summed E-state index contributed by atoms with van der Waals surface area (Å²) in [5.74, 6) is -2.50. The Morgan fingerprint density at radius 2 is 2.21 bits per heavy atom. The molecule has 2 rings (SSSR count). The SMILES string of the molecule is CCc1nn(C)c2n[nH]c(NC(=O)C(C)C(=O)O)c12. The number of fused-ring (bicyclic) bond motifs is 1. The summed E-state index contributed by atoms with van der Waals surface area (Å²) in [5, 5.41) is 23.1. The minimum atomic E-state index is -1.17. The molecule has 2 aromatic rings. The molecule has 0 aliphatic carbocycles. The van der Waals surface area contributed by atoms with Crippen molar-refractivity contribution in [3.05, 3.63) is 5.69 Å². The fourth-order valence-corrected chi connectivity index (χ4v) is 1.80. The fourth-order valence-electron chi connectivity index (χ4n) is 1.80. The highest BCUT2D eigenvalue weighted by atomic mass is 16.4. The van der Waals surface area contributed by atoms with Gasteiger partial charge in [0.2, 0.25) is 5.91 Å². The minimum Gasteiger partial charge on any atom is -0.481 e. The normalized spacial score (nSPS) is 12.6. The molecule has 2 aromatic heterocycles. The Labute approximate surface area is 108 Å². The molecule has 0 aliphatic rings. The molecule has 1 atom stereocenters. The van der Waals surface area contributed by atoms with E-state index in [-0.39, 0.29) is 0 Å². The van der Waals surface area contributed by atoms with Gasteiger partial charge in [0, 0.05) is 7.05 Å². The number of carbonyl (C=O) groups excluding carboxylic acids is 1. The second-order valence-electron chi connectivity index (χ2n) is 4.27. The lowest BCUT2D eigenvalue weighted by Crippen LogP contribution is -2.27. The Balaban J connectivity index is 2.36. The predicted molar refractivity (Wildman–Crippen MR) is 67.7 cm³/mol. The van der Waals surface area contributed by atoms with E-state index in [4.69, 9.17) is 5.11 Å². The zero-order valence-electron chi connectivity index (χ0n) is 10.9. The van der Waals surface area contributed by atoms with Crippen molar-refractivity contribution >= 4 is 28.7 Å². The zero-order chi connectivity index (χ0) is 14.2. The Kier molecular flexibility index (Phi) is 3.24. The van der Waals surface area contributed by atoms with Gasteiger partial charge in [-0.25, -0.2) is 4.68 Å². The first-order chi connectivity index (χ1) is 8.95. The fraction of sp³-hybridized carbons (Fsp3) is 0.455. The van der Waals surface area contributed by atoms with Gasteiger partial charge >= 0.3 is 5.97 Å². The molecular weight excluding hydrogens is 250 g/mol. The van der Waals surface area contributed by atoms with E-state index < -0.39 is 17.8 Å². The molecule has 0 aromatic carbocycles. The number of anilines is 1. The van der Waals surface area contributed by atoms with Gasteiger partial charge in [0.15, 0.2) is 5.65 Å². The maximum Gasteiger partial charge on any atom is 0.315 e. The number of aliphatic carboxylic acids is 1. The monoisotopic (exact) mass is 265 g/mol. The number of nitrogens with zero attached hydrogens (tertiary/aromatic N) is 3. The van der Waals surface area contributed by atoms with Gasteiger partial charge in [-0.1, -0.05) is 6.92 Å². The van der Waals surface area contributed by atoms with Crippen molar-refractivity contribution in [1.82, 2.24) is 20.0 Å². The average Bonchev–Trinajstić information content (AvgIpc) is 2.91. The highest BCUT2D eigenvalue weighted by Crippen LogP contribution is 2.24. The lowest BCUT2D eigenvalue weighted by atomic mass is 10.1. The van der Waals surface area contributed by atoms with Crippen molar-refractivity contribution in [2.75, 3.05) is 5.32 Å². The molecule has 0 saturated heterocycles. The quantitative estimate of drug-likeness (QED) is 0.697. The molecule has 1 amide bonds. The molecule has 8 nitrogen and oxygen atoms in total. The number of carbonyl (C=O) groups is 2. The predicted octanol–water partition coefficient (Wildman–Crippen LogP) is 0.518. The summed E-state index contributed by atoms with van der Waals surface area (Å²) in [6.45, 7) is 3.27. The smallest absolute Gasteiger partial charge is 0.315 e. The van der Waals surface area contributed by atoms with E-state index in [1.807, 2.05) is 6.92 Å². The number of rotatable bonds is 4. The summed E-state index contributed by atoms with van der Waals surface area (Å²) in [5.41, 5.74) is 1.42. The first kappa shape index (κ1) is 13.1. The topological polar surface area (TPSA) is 113 Å². The largest absolute Gasteiger partial charge is 0.481 e. The van der Waals surface area contributed by atoms with Crippen LogP contribution < -0.4 is 5.32 Å². The number of hydrogen-bond donors (Lipinski definition) is 3. The first-order valence-electron chi connectivity index (χ1n) is 5.89. The Hall–Kier alpha value is -2.38. The highest BCUT2D eigenvalue weighted by molar-refractivity contribution is 6.07. The van der Waals surface area contributed by atoms with Gasteiger partial charge in [-0.2, -0.15) is 10.2 Å². The molecule has 0 radical (unpaired) electrons. The third kappa shape index (κ3) is 2.16. The molecule has 2 heterocycles. The Bertz CT molecular complexity index is 642. The second kappa shape index (κ2) is 4.71. The van der Waals surface area contributed by atoms with Crippen molar-refractivity contribution in [3.8, 4) is 0 Å². The van der Waals surface area contributed by atoms with E-state index in [1.54, 1.807) is 11.7 Å². The summed E-state index contributed by atoms with van der Waals surface area (Å²) in [7, 11) is 1.76. The second-order valence-corrected chi connectivity index (χ2v) is 4.27. The van der Waals surface area contributed by atoms with Crippen LogP contribution in [0, 0.1) is 5.92 Å². The number of aromatic amines is 1. The number of aryl methyl sites for hydroxylation is 2. The third-order valence-corrected chi connectivity index (χ3v) is 2.96. The minimum absolute atomic E-state index is 0.387. The molecule has 0 bridgehead atoms. The lowest BCUT2D eigenvalue weighted by Gasteiger charge is -2.06. The molecular formula is C11H15N5O3. The van der Waals surface area contributed by atoms with Crippen molar-refractivity contribution in [3.63, 3.8) is 0 Å². The van der Waals surface area contributed by atoms with Crippen molar-refractivity contribution in [1.29, 1.82) is 0 Å². The maximum atomic E-state index is 11.7. The lowest BCUT2D eigenvalue weighted by molar-refractivity contribution is -0.144. The molecule has 8 heteroatoms. The number of carboxylic acids is 1. The number of aromatic nitrogens is 4. The van der Waals surface area contributed by atoms with E-state index in [0.717, 1.165) is 11.1 Å². The van der Waals surface area contributed by atoms with E-state index >= 15 is 0 Å². The number of nitrogens with one attached hydrogen (secondary N) is 2.